The van der Waals surface area contributed by atoms with Gasteiger partial charge < -0.3 is 10.6 Å². The Morgan fingerprint density at radius 1 is 1.03 bits per heavy atom. The van der Waals surface area contributed by atoms with Crippen molar-refractivity contribution in [1.82, 2.24) is 10.3 Å². The smallest absolute Gasteiger partial charge is 0.254 e. The van der Waals surface area contributed by atoms with E-state index in [1.54, 1.807) is 30.6 Å². The van der Waals surface area contributed by atoms with Gasteiger partial charge in [0.05, 0.1) is 0 Å². The first-order valence-corrected chi connectivity index (χ1v) is 11.3. The average molecular weight is 454 g/mol. The summed E-state index contributed by atoms with van der Waals surface area (Å²) in [5.41, 5.74) is 4.80. The molecule has 2 N–H and O–H groups in total. The molecule has 0 saturated carbocycles. The van der Waals surface area contributed by atoms with Gasteiger partial charge in [-0.1, -0.05) is 42.5 Å². The Hall–Kier alpha value is -4.06. The third-order valence-corrected chi connectivity index (χ3v) is 6.44. The predicted molar refractivity (Wildman–Crippen MR) is 128 cm³/mol. The zero-order chi connectivity index (χ0) is 23.7. The molecule has 6 heteroatoms. The summed E-state index contributed by atoms with van der Waals surface area (Å²) in [5, 5.41) is 6.16. The third kappa shape index (κ3) is 4.15. The molecule has 2 heterocycles. The van der Waals surface area contributed by atoms with Crippen molar-refractivity contribution in [3.63, 3.8) is 0 Å². The molecule has 170 valence electrons. The number of halogens is 1. The molecule has 0 radical (unpaired) electrons. The minimum Gasteiger partial charge on any atom is -0.362 e. The van der Waals surface area contributed by atoms with E-state index in [-0.39, 0.29) is 17.6 Å². The number of amides is 1. The van der Waals surface area contributed by atoms with Crippen LogP contribution in [-0.4, -0.2) is 16.7 Å². The van der Waals surface area contributed by atoms with Crippen LogP contribution in [0.4, 0.5) is 10.1 Å². The number of pyridine rings is 1. The zero-order valence-corrected chi connectivity index (χ0v) is 18.7. The summed E-state index contributed by atoms with van der Waals surface area (Å²) in [6.07, 6.45) is 4.41. The van der Waals surface area contributed by atoms with Gasteiger partial charge in [0.15, 0.2) is 5.78 Å². The van der Waals surface area contributed by atoms with E-state index < -0.39 is 11.7 Å². The van der Waals surface area contributed by atoms with Gasteiger partial charge in [0.1, 0.15) is 5.82 Å². The number of Topliss-reactive ketones (excluding diaryl/α,β-unsaturated/α-hetero) is 1. The molecule has 0 fully saturated rings. The van der Waals surface area contributed by atoms with Gasteiger partial charge in [-0.25, -0.2) is 4.39 Å². The highest BCUT2D eigenvalue weighted by Gasteiger charge is 2.41. The number of rotatable bonds is 4. The predicted octanol–water partition coefficient (Wildman–Crippen LogP) is 5.22. The molecule has 2 aromatic carbocycles. The lowest BCUT2D eigenvalue weighted by Gasteiger charge is -2.37. The molecule has 5 rings (SSSR count). The molecule has 34 heavy (non-hydrogen) atoms. The van der Waals surface area contributed by atoms with Crippen LogP contribution in [-0.2, 0) is 9.59 Å². The van der Waals surface area contributed by atoms with Gasteiger partial charge in [0.2, 0.25) is 0 Å². The minimum atomic E-state index is -0.553. The molecule has 0 unspecified atom stereocenters. The largest absolute Gasteiger partial charge is 0.362 e. The van der Waals surface area contributed by atoms with Crippen molar-refractivity contribution in [3.05, 3.63) is 119 Å². The first kappa shape index (κ1) is 21.8. The van der Waals surface area contributed by atoms with Gasteiger partial charge in [-0.2, -0.15) is 0 Å². The number of carbonyl (C=O) groups excluding carboxylic acids is 2. The van der Waals surface area contributed by atoms with E-state index in [0.29, 0.717) is 35.4 Å². The van der Waals surface area contributed by atoms with Gasteiger partial charge in [0.25, 0.3) is 5.91 Å². The zero-order valence-electron chi connectivity index (χ0n) is 18.7. The SMILES string of the molecule is CC1=C(C(=O)Nc2cccc(F)c2)[C@H](c2cccnc2)C2=C(C[C@@H](c3ccccc3)CC2=O)N1. The molecular weight excluding hydrogens is 429 g/mol. The maximum atomic E-state index is 13.7. The lowest BCUT2D eigenvalue weighted by atomic mass is 9.72. The van der Waals surface area contributed by atoms with Crippen molar-refractivity contribution >= 4 is 17.4 Å². The van der Waals surface area contributed by atoms with Crippen molar-refractivity contribution in [3.8, 4) is 0 Å². The molecule has 1 amide bonds. The number of allylic oxidation sites excluding steroid dienone is 3. The van der Waals surface area contributed by atoms with E-state index in [9.17, 15) is 14.0 Å². The van der Waals surface area contributed by atoms with Crippen molar-refractivity contribution in [2.24, 2.45) is 0 Å². The second kappa shape index (κ2) is 9.06. The van der Waals surface area contributed by atoms with Crippen LogP contribution in [0.1, 0.15) is 42.7 Å². The van der Waals surface area contributed by atoms with E-state index in [1.807, 2.05) is 43.3 Å². The van der Waals surface area contributed by atoms with Crippen LogP contribution in [0.25, 0.3) is 0 Å². The number of ketones is 1. The molecule has 0 spiro atoms. The molecule has 2 atom stereocenters. The van der Waals surface area contributed by atoms with Crippen molar-refractivity contribution < 1.29 is 14.0 Å². The highest BCUT2D eigenvalue weighted by molar-refractivity contribution is 6.10. The Labute approximate surface area is 197 Å². The summed E-state index contributed by atoms with van der Waals surface area (Å²) >= 11 is 0. The Morgan fingerprint density at radius 2 is 1.82 bits per heavy atom. The molecule has 1 aliphatic heterocycles. The standard InChI is InChI=1S/C28H24FN3O2/c1-17-25(28(34)32-22-11-5-10-21(29)15-22)26(19-9-6-12-30-16-19)27-23(31-17)13-20(14-24(27)33)18-7-3-2-4-8-18/h2-12,15-16,20,26,31H,13-14H2,1H3,(H,32,34)/t20-,26+/m1/s1. The number of benzene rings is 2. The topological polar surface area (TPSA) is 71.1 Å². The Kier molecular flexibility index (Phi) is 5.80. The Balaban J connectivity index is 1.55. The van der Waals surface area contributed by atoms with E-state index in [2.05, 4.69) is 15.6 Å². The number of carbonyl (C=O) groups is 2. The molecule has 5 nitrogen and oxygen atoms in total. The van der Waals surface area contributed by atoms with Crippen LogP contribution in [0, 0.1) is 5.82 Å². The molecular formula is C28H24FN3O2. The van der Waals surface area contributed by atoms with Crippen LogP contribution < -0.4 is 10.6 Å². The molecule has 1 aliphatic carbocycles. The quantitative estimate of drug-likeness (QED) is 0.568. The number of hydrogen-bond donors (Lipinski definition) is 2. The summed E-state index contributed by atoms with van der Waals surface area (Å²) in [7, 11) is 0. The summed E-state index contributed by atoms with van der Waals surface area (Å²) in [5.74, 6) is -1.28. The number of nitrogens with one attached hydrogen (secondary N) is 2. The maximum Gasteiger partial charge on any atom is 0.254 e. The lowest BCUT2D eigenvalue weighted by Crippen LogP contribution is -2.37. The molecule has 1 aromatic heterocycles. The van der Waals surface area contributed by atoms with Crippen LogP contribution in [0.5, 0.6) is 0 Å². The van der Waals surface area contributed by atoms with Crippen LogP contribution in [0.3, 0.4) is 0 Å². The third-order valence-electron chi connectivity index (χ3n) is 6.44. The van der Waals surface area contributed by atoms with Crippen molar-refractivity contribution in [2.45, 2.75) is 31.6 Å². The first-order chi connectivity index (χ1) is 16.5. The monoisotopic (exact) mass is 453 g/mol. The average Bonchev–Trinajstić information content (AvgIpc) is 2.84. The lowest BCUT2D eigenvalue weighted by molar-refractivity contribution is -0.116. The van der Waals surface area contributed by atoms with Crippen LogP contribution >= 0.6 is 0 Å². The highest BCUT2D eigenvalue weighted by Crippen LogP contribution is 2.45. The van der Waals surface area contributed by atoms with Gasteiger partial charge >= 0.3 is 0 Å². The number of aromatic nitrogens is 1. The first-order valence-electron chi connectivity index (χ1n) is 11.3. The van der Waals surface area contributed by atoms with E-state index in [0.717, 1.165) is 16.8 Å². The number of dihydropyridines is 1. The van der Waals surface area contributed by atoms with Crippen LogP contribution in [0.2, 0.25) is 0 Å². The summed E-state index contributed by atoms with van der Waals surface area (Å²) < 4.78 is 13.7. The molecule has 0 saturated heterocycles. The maximum absolute atomic E-state index is 13.7. The van der Waals surface area contributed by atoms with Gasteiger partial charge in [-0.3, -0.25) is 14.6 Å². The number of anilines is 1. The van der Waals surface area contributed by atoms with E-state index >= 15 is 0 Å². The Bertz CT molecular complexity index is 1320. The fourth-order valence-corrected chi connectivity index (χ4v) is 4.95. The van der Waals surface area contributed by atoms with Gasteiger partial charge in [0, 0.05) is 53.0 Å². The molecule has 2 aliphatic rings. The van der Waals surface area contributed by atoms with Crippen molar-refractivity contribution in [2.75, 3.05) is 5.32 Å². The van der Waals surface area contributed by atoms with Crippen LogP contribution in [0.15, 0.2) is 102 Å². The number of nitrogens with zero attached hydrogens (tertiary/aromatic N) is 1. The van der Waals surface area contributed by atoms with Gasteiger partial charge in [-0.05, 0) is 54.7 Å². The Morgan fingerprint density at radius 3 is 2.56 bits per heavy atom. The normalized spacial score (nSPS) is 20.0. The van der Waals surface area contributed by atoms with E-state index in [4.69, 9.17) is 0 Å². The minimum absolute atomic E-state index is 0.0139. The summed E-state index contributed by atoms with van der Waals surface area (Å²) in [4.78, 5) is 31.2. The second-order valence-electron chi connectivity index (χ2n) is 8.68. The van der Waals surface area contributed by atoms with Crippen molar-refractivity contribution in [1.29, 1.82) is 0 Å². The van der Waals surface area contributed by atoms with Gasteiger partial charge in [-0.15, -0.1) is 0 Å². The second-order valence-corrected chi connectivity index (χ2v) is 8.68. The molecule has 0 bridgehead atoms. The fourth-order valence-electron chi connectivity index (χ4n) is 4.95. The van der Waals surface area contributed by atoms with E-state index in [1.165, 1.54) is 12.1 Å². The highest BCUT2D eigenvalue weighted by atomic mass is 19.1. The summed E-state index contributed by atoms with van der Waals surface area (Å²) in [6, 6.07) is 19.5. The fraction of sp³-hybridized carbons (Fsp3) is 0.179. The number of hydrogen-bond acceptors (Lipinski definition) is 4. The summed E-state index contributed by atoms with van der Waals surface area (Å²) in [6.45, 7) is 1.84. The molecule has 3 aromatic rings.